The first-order chi connectivity index (χ1) is 10.0. The highest BCUT2D eigenvalue weighted by Crippen LogP contribution is 2.41. The normalized spacial score (nSPS) is 29.1. The molecule has 1 saturated carbocycles. The SMILES string of the molecule is CNc1nc(C)nc(N2CCC3(O)CCCCC3C2)c1C. The van der Waals surface area contributed by atoms with E-state index in [9.17, 15) is 5.11 Å². The van der Waals surface area contributed by atoms with E-state index in [0.29, 0.717) is 5.92 Å². The third-order valence-electron chi connectivity index (χ3n) is 5.20. The lowest BCUT2D eigenvalue weighted by Crippen LogP contribution is -2.53. The quantitative estimate of drug-likeness (QED) is 0.875. The lowest BCUT2D eigenvalue weighted by atomic mass is 9.71. The minimum absolute atomic E-state index is 0.382. The molecule has 2 fully saturated rings. The van der Waals surface area contributed by atoms with Gasteiger partial charge in [-0.05, 0) is 33.1 Å². The smallest absolute Gasteiger partial charge is 0.137 e. The van der Waals surface area contributed by atoms with Gasteiger partial charge in [0.05, 0.1) is 5.60 Å². The van der Waals surface area contributed by atoms with Gasteiger partial charge in [-0.2, -0.15) is 0 Å². The maximum absolute atomic E-state index is 10.8. The predicted octanol–water partition coefficient (Wildman–Crippen LogP) is 2.27. The summed E-state index contributed by atoms with van der Waals surface area (Å²) in [5, 5.41) is 14.0. The molecule has 2 unspecified atom stereocenters. The third kappa shape index (κ3) is 2.59. The number of hydrogen-bond donors (Lipinski definition) is 2. The van der Waals surface area contributed by atoms with Crippen LogP contribution in [0.25, 0.3) is 0 Å². The Bertz CT molecular complexity index is 533. The molecular weight excluding hydrogens is 264 g/mol. The number of nitrogens with zero attached hydrogens (tertiary/aromatic N) is 3. The molecule has 1 aliphatic heterocycles. The highest BCUT2D eigenvalue weighted by Gasteiger charge is 2.43. The number of aryl methyl sites for hydroxylation is 1. The number of anilines is 2. The molecule has 1 aromatic rings. The van der Waals surface area contributed by atoms with Gasteiger partial charge in [0.1, 0.15) is 17.5 Å². The fourth-order valence-corrected chi connectivity index (χ4v) is 3.93. The van der Waals surface area contributed by atoms with E-state index in [1.165, 1.54) is 12.8 Å². The van der Waals surface area contributed by atoms with Crippen molar-refractivity contribution in [3.63, 3.8) is 0 Å². The monoisotopic (exact) mass is 290 g/mol. The molecule has 2 heterocycles. The van der Waals surface area contributed by atoms with Gasteiger partial charge < -0.3 is 15.3 Å². The maximum Gasteiger partial charge on any atom is 0.137 e. The molecule has 0 radical (unpaired) electrons. The molecule has 21 heavy (non-hydrogen) atoms. The largest absolute Gasteiger partial charge is 0.389 e. The molecule has 0 bridgehead atoms. The highest BCUT2D eigenvalue weighted by atomic mass is 16.3. The topological polar surface area (TPSA) is 61.3 Å². The number of rotatable bonds is 2. The second-order valence-electron chi connectivity index (χ2n) is 6.56. The number of fused-ring (bicyclic) bond motifs is 1. The molecule has 0 amide bonds. The molecule has 5 nitrogen and oxygen atoms in total. The first kappa shape index (κ1) is 14.6. The van der Waals surface area contributed by atoms with E-state index < -0.39 is 5.60 Å². The zero-order chi connectivity index (χ0) is 15.0. The first-order valence-electron chi connectivity index (χ1n) is 8.04. The maximum atomic E-state index is 10.8. The Morgan fingerprint density at radius 1 is 1.24 bits per heavy atom. The van der Waals surface area contributed by atoms with E-state index in [1.54, 1.807) is 0 Å². The summed E-state index contributed by atoms with van der Waals surface area (Å²) in [6, 6.07) is 0. The number of piperidine rings is 1. The van der Waals surface area contributed by atoms with Crippen LogP contribution in [0.4, 0.5) is 11.6 Å². The molecule has 2 N–H and O–H groups in total. The van der Waals surface area contributed by atoms with E-state index in [-0.39, 0.29) is 0 Å². The lowest BCUT2D eigenvalue weighted by Gasteiger charge is -2.48. The summed E-state index contributed by atoms with van der Waals surface area (Å²) in [5.74, 6) is 3.11. The summed E-state index contributed by atoms with van der Waals surface area (Å²) < 4.78 is 0. The predicted molar refractivity (Wildman–Crippen MR) is 84.8 cm³/mol. The molecule has 1 saturated heterocycles. The van der Waals surface area contributed by atoms with Crippen molar-refractivity contribution in [3.8, 4) is 0 Å². The van der Waals surface area contributed by atoms with E-state index in [2.05, 4.69) is 27.1 Å². The summed E-state index contributed by atoms with van der Waals surface area (Å²) in [4.78, 5) is 11.4. The van der Waals surface area contributed by atoms with Crippen molar-refractivity contribution in [2.45, 2.75) is 51.6 Å². The van der Waals surface area contributed by atoms with Crippen LogP contribution in [0, 0.1) is 19.8 Å². The lowest BCUT2D eigenvalue weighted by molar-refractivity contribution is -0.0613. The zero-order valence-electron chi connectivity index (χ0n) is 13.3. The van der Waals surface area contributed by atoms with Gasteiger partial charge in [-0.3, -0.25) is 0 Å². The minimum atomic E-state index is -0.434. The van der Waals surface area contributed by atoms with Gasteiger partial charge >= 0.3 is 0 Å². The van der Waals surface area contributed by atoms with Crippen molar-refractivity contribution in [1.29, 1.82) is 0 Å². The van der Waals surface area contributed by atoms with Gasteiger partial charge in [0.25, 0.3) is 0 Å². The van der Waals surface area contributed by atoms with Crippen molar-refractivity contribution in [1.82, 2.24) is 9.97 Å². The Hall–Kier alpha value is -1.36. The van der Waals surface area contributed by atoms with Crippen LogP contribution in [0.15, 0.2) is 0 Å². The average Bonchev–Trinajstić information content (AvgIpc) is 2.48. The van der Waals surface area contributed by atoms with Crippen LogP contribution in [0.2, 0.25) is 0 Å². The second kappa shape index (κ2) is 5.44. The van der Waals surface area contributed by atoms with Gasteiger partial charge in [0.2, 0.25) is 0 Å². The van der Waals surface area contributed by atoms with Crippen LogP contribution in [-0.4, -0.2) is 40.8 Å². The molecule has 2 atom stereocenters. The molecule has 0 aromatic carbocycles. The van der Waals surface area contributed by atoms with Crippen molar-refractivity contribution >= 4 is 11.6 Å². The molecule has 1 aliphatic carbocycles. The van der Waals surface area contributed by atoms with Gasteiger partial charge in [0.15, 0.2) is 0 Å². The Balaban J connectivity index is 1.87. The molecule has 2 aliphatic rings. The van der Waals surface area contributed by atoms with Crippen LogP contribution >= 0.6 is 0 Å². The summed E-state index contributed by atoms with van der Waals surface area (Å²) in [7, 11) is 1.90. The van der Waals surface area contributed by atoms with Gasteiger partial charge in [-0.1, -0.05) is 12.8 Å². The molecule has 3 rings (SSSR count). The van der Waals surface area contributed by atoms with Crippen LogP contribution < -0.4 is 10.2 Å². The Morgan fingerprint density at radius 2 is 2.05 bits per heavy atom. The number of aliphatic hydroxyl groups is 1. The van der Waals surface area contributed by atoms with E-state index in [4.69, 9.17) is 0 Å². The van der Waals surface area contributed by atoms with Crippen LogP contribution in [0.5, 0.6) is 0 Å². The van der Waals surface area contributed by atoms with E-state index in [1.807, 2.05) is 14.0 Å². The van der Waals surface area contributed by atoms with Crippen molar-refractivity contribution in [2.24, 2.45) is 5.92 Å². The summed E-state index contributed by atoms with van der Waals surface area (Å²) >= 11 is 0. The fourth-order valence-electron chi connectivity index (χ4n) is 3.93. The summed E-state index contributed by atoms with van der Waals surface area (Å²) in [5.41, 5.74) is 0.667. The van der Waals surface area contributed by atoms with E-state index >= 15 is 0 Å². The number of hydrogen-bond acceptors (Lipinski definition) is 5. The van der Waals surface area contributed by atoms with Crippen molar-refractivity contribution in [2.75, 3.05) is 30.4 Å². The Morgan fingerprint density at radius 3 is 2.81 bits per heavy atom. The van der Waals surface area contributed by atoms with Crippen molar-refractivity contribution < 1.29 is 5.11 Å². The van der Waals surface area contributed by atoms with Gasteiger partial charge in [-0.15, -0.1) is 0 Å². The molecule has 116 valence electrons. The first-order valence-corrected chi connectivity index (χ1v) is 8.04. The fraction of sp³-hybridized carbons (Fsp3) is 0.750. The average molecular weight is 290 g/mol. The Kier molecular flexibility index (Phi) is 3.78. The highest BCUT2D eigenvalue weighted by molar-refractivity contribution is 5.58. The zero-order valence-corrected chi connectivity index (χ0v) is 13.3. The van der Waals surface area contributed by atoms with Crippen LogP contribution in [-0.2, 0) is 0 Å². The minimum Gasteiger partial charge on any atom is -0.389 e. The molecular formula is C16H26N4O. The summed E-state index contributed by atoms with van der Waals surface area (Å²) in [6.07, 6.45) is 5.37. The molecule has 1 aromatic heterocycles. The number of aromatic nitrogens is 2. The standard InChI is InChI=1S/C16H26N4O/c1-11-14(17-3)18-12(2)19-15(11)20-9-8-16(21)7-5-4-6-13(16)10-20/h13,21H,4-10H2,1-3H3,(H,17,18,19). The molecule has 0 spiro atoms. The van der Waals surface area contributed by atoms with Gasteiger partial charge in [0, 0.05) is 31.6 Å². The van der Waals surface area contributed by atoms with Crippen LogP contribution in [0.1, 0.15) is 43.5 Å². The Labute approximate surface area is 126 Å². The molecule has 5 heteroatoms. The van der Waals surface area contributed by atoms with E-state index in [0.717, 1.165) is 55.4 Å². The third-order valence-corrected chi connectivity index (χ3v) is 5.20. The second-order valence-corrected chi connectivity index (χ2v) is 6.56. The summed E-state index contributed by atoms with van der Waals surface area (Å²) in [6.45, 7) is 5.80. The van der Waals surface area contributed by atoms with Crippen molar-refractivity contribution in [3.05, 3.63) is 11.4 Å². The van der Waals surface area contributed by atoms with Crippen LogP contribution in [0.3, 0.4) is 0 Å². The van der Waals surface area contributed by atoms with Gasteiger partial charge in [-0.25, -0.2) is 9.97 Å². The number of nitrogens with one attached hydrogen (secondary N) is 1.